The second-order valence-corrected chi connectivity index (χ2v) is 9.75. The van der Waals surface area contributed by atoms with E-state index >= 15 is 0 Å². The van der Waals surface area contributed by atoms with E-state index in [-0.39, 0.29) is 16.5 Å². The summed E-state index contributed by atoms with van der Waals surface area (Å²) in [4.78, 5) is 0. The maximum Gasteiger partial charge on any atom is 0.117 e. The average molecular weight is 359 g/mol. The molecule has 0 unspecified atom stereocenters. The number of thioether (sulfide) groups is 2. The Balaban J connectivity index is 1.94. The Morgan fingerprint density at radius 1 is 1.04 bits per heavy atom. The van der Waals surface area contributed by atoms with Crippen LogP contribution in [0.3, 0.4) is 0 Å². The molecule has 128 valence electrons. The topological polar surface area (TPSA) is 24.7 Å². The molecule has 1 aromatic carbocycles. The maximum absolute atomic E-state index is 5.06. The highest BCUT2D eigenvalue weighted by Crippen LogP contribution is 2.75. The molecular weight excluding hydrogens is 332 g/mol. The maximum atomic E-state index is 5.06. The highest BCUT2D eigenvalue weighted by molar-refractivity contribution is 8.21. The minimum Gasteiger partial charge on any atom is -0.181 e. The van der Waals surface area contributed by atoms with Crippen LogP contribution in [0.4, 0.5) is 0 Å². The molecule has 1 aromatic rings. The Kier molecular flexibility index (Phi) is 3.92. The molecule has 0 saturated heterocycles. The van der Waals surface area contributed by atoms with Gasteiger partial charge in [0, 0.05) is 9.65 Å². The first-order valence-electron chi connectivity index (χ1n) is 8.84. The van der Waals surface area contributed by atoms with Crippen LogP contribution in [0.1, 0.15) is 38.7 Å². The monoisotopic (exact) mass is 358 g/mol. The van der Waals surface area contributed by atoms with Crippen LogP contribution in [0.2, 0.25) is 0 Å². The highest BCUT2D eigenvalue weighted by atomic mass is 32.2. The van der Waals surface area contributed by atoms with Gasteiger partial charge in [0.25, 0.3) is 0 Å². The molecule has 0 aromatic heterocycles. The minimum absolute atomic E-state index is 0.00775. The molecule has 0 amide bonds. The Morgan fingerprint density at radius 2 is 1.71 bits per heavy atom. The van der Waals surface area contributed by atoms with E-state index in [1.807, 2.05) is 23.5 Å². The predicted octanol–water partition coefficient (Wildman–Crippen LogP) is 6.11. The fourth-order valence-electron chi connectivity index (χ4n) is 5.80. The lowest BCUT2D eigenvalue weighted by Gasteiger charge is -2.40. The van der Waals surface area contributed by atoms with Gasteiger partial charge in [-0.25, -0.2) is 0 Å². The molecule has 0 N–H and O–H groups in total. The summed E-state index contributed by atoms with van der Waals surface area (Å²) >= 11 is 3.68. The van der Waals surface area contributed by atoms with Crippen molar-refractivity contribution in [3.05, 3.63) is 46.2 Å². The minimum atomic E-state index is -0.159. The molecule has 2 saturated carbocycles. The van der Waals surface area contributed by atoms with E-state index < -0.39 is 0 Å². The summed E-state index contributed by atoms with van der Waals surface area (Å²) in [6.07, 6.45) is 10.7. The van der Waals surface area contributed by atoms with E-state index in [1.165, 1.54) is 29.1 Å². The molecule has 2 fully saturated rings. The van der Waals surface area contributed by atoms with Gasteiger partial charge in [0.2, 0.25) is 0 Å². The zero-order valence-electron chi connectivity index (χ0n) is 15.0. The summed E-state index contributed by atoms with van der Waals surface area (Å²) in [6.45, 7) is 4.82. The molecule has 2 nitrogen and oxygen atoms in total. The summed E-state index contributed by atoms with van der Waals surface area (Å²) in [5.74, 6) is 1.24. The number of fused-ring (bicyclic) bond motifs is 5. The predicted molar refractivity (Wildman–Crippen MR) is 105 cm³/mol. The van der Waals surface area contributed by atoms with Gasteiger partial charge in [-0.3, -0.25) is 0 Å². The third kappa shape index (κ3) is 1.82. The molecule has 1 heterocycles. The van der Waals surface area contributed by atoms with Crippen LogP contribution in [0.15, 0.2) is 50.9 Å². The molecule has 0 radical (unpaired) electrons. The summed E-state index contributed by atoms with van der Waals surface area (Å²) in [5, 5.41) is 10.1. The number of benzene rings is 1. The molecule has 0 spiro atoms. The van der Waals surface area contributed by atoms with Gasteiger partial charge in [0.1, 0.15) is 11.1 Å². The zero-order valence-corrected chi connectivity index (χ0v) is 16.6. The van der Waals surface area contributed by atoms with Gasteiger partial charge in [-0.1, -0.05) is 50.6 Å². The SMILES string of the molecule is CSC(=C[C@]12N=N[C@@](c3ccccc3)([C@H]3CCC[C@H]31)C2(C)C)SC. The van der Waals surface area contributed by atoms with Gasteiger partial charge < -0.3 is 0 Å². The molecule has 24 heavy (non-hydrogen) atoms. The van der Waals surface area contributed by atoms with E-state index in [0.717, 1.165) is 0 Å². The van der Waals surface area contributed by atoms with Crippen molar-refractivity contribution < 1.29 is 0 Å². The second kappa shape index (κ2) is 5.63. The van der Waals surface area contributed by atoms with Crippen molar-refractivity contribution in [1.29, 1.82) is 0 Å². The summed E-state index contributed by atoms with van der Waals surface area (Å²) in [7, 11) is 0. The van der Waals surface area contributed by atoms with Gasteiger partial charge in [0.05, 0.1) is 0 Å². The molecule has 4 rings (SSSR count). The smallest absolute Gasteiger partial charge is 0.117 e. The van der Waals surface area contributed by atoms with Crippen molar-refractivity contribution in [2.75, 3.05) is 12.5 Å². The fraction of sp³-hybridized carbons (Fsp3) is 0.600. The summed E-state index contributed by atoms with van der Waals surface area (Å²) in [6, 6.07) is 11.0. The van der Waals surface area contributed by atoms with Gasteiger partial charge in [-0.2, -0.15) is 10.2 Å². The molecule has 4 atom stereocenters. The lowest BCUT2D eigenvalue weighted by Crippen LogP contribution is -2.45. The van der Waals surface area contributed by atoms with E-state index in [2.05, 4.69) is 62.8 Å². The number of nitrogens with zero attached hydrogens (tertiary/aromatic N) is 2. The summed E-state index contributed by atoms with van der Waals surface area (Å²) in [5.41, 5.74) is 1.06. The first-order chi connectivity index (χ1) is 11.5. The van der Waals surface area contributed by atoms with E-state index in [9.17, 15) is 0 Å². The number of hydrogen-bond donors (Lipinski definition) is 0. The highest BCUT2D eigenvalue weighted by Gasteiger charge is 2.77. The van der Waals surface area contributed by atoms with Gasteiger partial charge in [0.15, 0.2) is 0 Å². The Morgan fingerprint density at radius 3 is 2.38 bits per heavy atom. The Labute approximate surface area is 154 Å². The fourth-order valence-corrected chi connectivity index (χ4v) is 7.06. The van der Waals surface area contributed by atoms with E-state index in [0.29, 0.717) is 11.8 Å². The average Bonchev–Trinajstić information content (AvgIpc) is 3.21. The van der Waals surface area contributed by atoms with Crippen molar-refractivity contribution in [2.45, 2.75) is 44.2 Å². The lowest BCUT2D eigenvalue weighted by molar-refractivity contribution is 0.164. The molecule has 2 aliphatic carbocycles. The largest absolute Gasteiger partial charge is 0.181 e. The van der Waals surface area contributed by atoms with Crippen LogP contribution in [0.5, 0.6) is 0 Å². The summed E-state index contributed by atoms with van der Waals surface area (Å²) < 4.78 is 1.37. The van der Waals surface area contributed by atoms with Gasteiger partial charge in [-0.15, -0.1) is 23.5 Å². The van der Waals surface area contributed by atoms with Crippen LogP contribution in [-0.4, -0.2) is 18.1 Å². The van der Waals surface area contributed by atoms with Crippen molar-refractivity contribution in [1.82, 2.24) is 0 Å². The van der Waals surface area contributed by atoms with Crippen LogP contribution < -0.4 is 0 Å². The van der Waals surface area contributed by atoms with Crippen LogP contribution >= 0.6 is 23.5 Å². The second-order valence-electron chi connectivity index (χ2n) is 7.80. The first kappa shape index (κ1) is 16.7. The quantitative estimate of drug-likeness (QED) is 0.648. The lowest BCUT2D eigenvalue weighted by atomic mass is 9.63. The van der Waals surface area contributed by atoms with Crippen LogP contribution in [-0.2, 0) is 5.54 Å². The normalized spacial score (nSPS) is 38.3. The molecule has 4 heteroatoms. The zero-order chi connectivity index (χ0) is 17.0. The number of hydrogen-bond acceptors (Lipinski definition) is 4. The standard InChI is InChI=1S/C20H26N2S2/c1-18(2)19(13-17(23-3)24-4)15-11-8-12-16(15)20(18,22-21-19)14-9-6-5-7-10-14/h5-7,9-10,13,15-16H,8,11-12H2,1-4H3/t15-,16+,19+,20+/m1/s1. The molecule has 3 aliphatic rings. The Bertz CT molecular complexity index is 691. The molecular formula is C20H26N2S2. The van der Waals surface area contributed by atoms with Crippen molar-refractivity contribution in [2.24, 2.45) is 27.5 Å². The van der Waals surface area contributed by atoms with Crippen molar-refractivity contribution >= 4 is 23.5 Å². The van der Waals surface area contributed by atoms with Crippen LogP contribution in [0.25, 0.3) is 0 Å². The third-order valence-electron chi connectivity index (χ3n) is 6.90. The van der Waals surface area contributed by atoms with Crippen LogP contribution in [0, 0.1) is 17.3 Å². The molecule has 2 bridgehead atoms. The van der Waals surface area contributed by atoms with E-state index in [4.69, 9.17) is 10.2 Å². The third-order valence-corrected chi connectivity index (χ3v) is 8.94. The van der Waals surface area contributed by atoms with Gasteiger partial charge >= 0.3 is 0 Å². The van der Waals surface area contributed by atoms with Gasteiger partial charge in [-0.05, 0) is 48.8 Å². The van der Waals surface area contributed by atoms with E-state index in [1.54, 1.807) is 0 Å². The Hall–Kier alpha value is -0.740. The first-order valence-corrected chi connectivity index (χ1v) is 11.3. The number of rotatable bonds is 4. The molecule has 1 aliphatic heterocycles. The number of azo groups is 1. The van der Waals surface area contributed by atoms with Crippen molar-refractivity contribution in [3.8, 4) is 0 Å². The van der Waals surface area contributed by atoms with Crippen molar-refractivity contribution in [3.63, 3.8) is 0 Å².